The molecule has 0 aliphatic carbocycles. The van der Waals surface area contributed by atoms with Gasteiger partial charge in [0.1, 0.15) is 5.82 Å². The molecule has 0 bridgehead atoms. The number of hydrogen-bond donors (Lipinski definition) is 1. The van der Waals surface area contributed by atoms with Gasteiger partial charge in [-0.05, 0) is 33.2 Å². The standard InChI is InChI=1S/C12H18FNOS/c1-9(15)12-10(13)5-4-6-11(12)16-8-7-14(2)3/h4-6,9,15H,7-8H2,1-3H3/t9-/m1/s1. The molecule has 0 aliphatic heterocycles. The topological polar surface area (TPSA) is 23.5 Å². The number of hydrogen-bond acceptors (Lipinski definition) is 3. The molecule has 1 rings (SSSR count). The van der Waals surface area contributed by atoms with E-state index in [4.69, 9.17) is 0 Å². The van der Waals surface area contributed by atoms with Gasteiger partial charge in [0.2, 0.25) is 0 Å². The number of halogens is 1. The van der Waals surface area contributed by atoms with Crippen LogP contribution in [0.15, 0.2) is 23.1 Å². The monoisotopic (exact) mass is 243 g/mol. The zero-order valence-corrected chi connectivity index (χ0v) is 10.7. The lowest BCUT2D eigenvalue weighted by Crippen LogP contribution is -2.15. The average Bonchev–Trinajstić information content (AvgIpc) is 2.16. The molecule has 1 N–H and O–H groups in total. The summed E-state index contributed by atoms with van der Waals surface area (Å²) in [5.41, 5.74) is 0.409. The average molecular weight is 243 g/mol. The fourth-order valence-electron chi connectivity index (χ4n) is 1.39. The van der Waals surface area contributed by atoms with Crippen LogP contribution in [0.1, 0.15) is 18.6 Å². The summed E-state index contributed by atoms with van der Waals surface area (Å²) in [6, 6.07) is 4.92. The first-order valence-corrected chi connectivity index (χ1v) is 6.25. The van der Waals surface area contributed by atoms with Crippen LogP contribution in [-0.4, -0.2) is 36.4 Å². The van der Waals surface area contributed by atoms with Crippen molar-refractivity contribution in [1.82, 2.24) is 4.90 Å². The minimum atomic E-state index is -0.761. The van der Waals surface area contributed by atoms with E-state index in [-0.39, 0.29) is 5.82 Å². The van der Waals surface area contributed by atoms with E-state index in [2.05, 4.69) is 4.90 Å². The molecule has 1 aromatic carbocycles. The maximum atomic E-state index is 13.5. The van der Waals surface area contributed by atoms with E-state index in [0.29, 0.717) is 5.56 Å². The van der Waals surface area contributed by atoms with Crippen LogP contribution in [0.4, 0.5) is 4.39 Å². The smallest absolute Gasteiger partial charge is 0.130 e. The van der Waals surface area contributed by atoms with Gasteiger partial charge in [0.05, 0.1) is 6.10 Å². The van der Waals surface area contributed by atoms with Crippen molar-refractivity contribution in [3.05, 3.63) is 29.6 Å². The minimum absolute atomic E-state index is 0.329. The van der Waals surface area contributed by atoms with Crippen molar-refractivity contribution >= 4 is 11.8 Å². The predicted octanol–water partition coefficient (Wildman–Crippen LogP) is 2.53. The van der Waals surface area contributed by atoms with Crippen molar-refractivity contribution in [3.8, 4) is 0 Å². The molecule has 2 nitrogen and oxygen atoms in total. The van der Waals surface area contributed by atoms with Crippen molar-refractivity contribution in [2.24, 2.45) is 0 Å². The number of benzene rings is 1. The molecule has 0 amide bonds. The third-order valence-electron chi connectivity index (χ3n) is 2.23. The zero-order valence-electron chi connectivity index (χ0n) is 9.90. The lowest BCUT2D eigenvalue weighted by Gasteiger charge is -2.14. The molecule has 0 aliphatic rings. The Morgan fingerprint density at radius 1 is 1.44 bits per heavy atom. The fraction of sp³-hybridized carbons (Fsp3) is 0.500. The lowest BCUT2D eigenvalue weighted by molar-refractivity contribution is 0.191. The number of nitrogens with zero attached hydrogens (tertiary/aromatic N) is 1. The van der Waals surface area contributed by atoms with Gasteiger partial charge in [-0.25, -0.2) is 4.39 Å². The molecule has 0 spiro atoms. The van der Waals surface area contributed by atoms with E-state index in [1.54, 1.807) is 24.8 Å². The van der Waals surface area contributed by atoms with Gasteiger partial charge in [-0.2, -0.15) is 0 Å². The SMILES string of the molecule is C[C@@H](O)c1c(F)cccc1SCCN(C)C. The number of rotatable bonds is 5. The van der Waals surface area contributed by atoms with Gasteiger partial charge in [-0.3, -0.25) is 0 Å². The van der Waals surface area contributed by atoms with Crippen molar-refractivity contribution < 1.29 is 9.50 Å². The van der Waals surface area contributed by atoms with E-state index in [0.717, 1.165) is 17.2 Å². The van der Waals surface area contributed by atoms with Crippen LogP contribution in [0.5, 0.6) is 0 Å². The first kappa shape index (κ1) is 13.5. The summed E-state index contributed by atoms with van der Waals surface area (Å²) in [5.74, 6) is 0.556. The number of aliphatic hydroxyl groups excluding tert-OH is 1. The summed E-state index contributed by atoms with van der Waals surface area (Å²) < 4.78 is 13.5. The van der Waals surface area contributed by atoms with Gasteiger partial charge in [0, 0.05) is 22.8 Å². The molecular weight excluding hydrogens is 225 g/mol. The maximum absolute atomic E-state index is 13.5. The third kappa shape index (κ3) is 3.77. The highest BCUT2D eigenvalue weighted by Crippen LogP contribution is 2.29. The quantitative estimate of drug-likeness (QED) is 0.804. The van der Waals surface area contributed by atoms with Gasteiger partial charge in [-0.15, -0.1) is 11.8 Å². The van der Waals surface area contributed by atoms with E-state index in [1.165, 1.54) is 6.07 Å². The summed E-state index contributed by atoms with van der Waals surface area (Å²) in [4.78, 5) is 2.91. The Bertz CT molecular complexity index is 342. The Morgan fingerprint density at radius 2 is 2.12 bits per heavy atom. The molecule has 0 aromatic heterocycles. The zero-order chi connectivity index (χ0) is 12.1. The highest BCUT2D eigenvalue weighted by molar-refractivity contribution is 7.99. The first-order chi connectivity index (χ1) is 7.52. The Kier molecular flexibility index (Phi) is 5.25. The molecule has 16 heavy (non-hydrogen) atoms. The highest BCUT2D eigenvalue weighted by atomic mass is 32.2. The first-order valence-electron chi connectivity index (χ1n) is 5.26. The Morgan fingerprint density at radius 3 is 2.69 bits per heavy atom. The Balaban J connectivity index is 2.75. The normalized spacial score (nSPS) is 13.1. The molecule has 0 fully saturated rings. The molecule has 0 saturated heterocycles. The van der Waals surface area contributed by atoms with Gasteiger partial charge in [0.15, 0.2) is 0 Å². The van der Waals surface area contributed by atoms with Crippen LogP contribution >= 0.6 is 11.8 Å². The minimum Gasteiger partial charge on any atom is -0.389 e. The van der Waals surface area contributed by atoms with E-state index in [9.17, 15) is 9.50 Å². The van der Waals surface area contributed by atoms with E-state index < -0.39 is 6.10 Å². The Labute approximate surface area is 100 Å². The second-order valence-electron chi connectivity index (χ2n) is 3.98. The van der Waals surface area contributed by atoms with Crippen molar-refractivity contribution in [2.75, 3.05) is 26.4 Å². The summed E-state index contributed by atoms with van der Waals surface area (Å²) in [7, 11) is 4.00. The van der Waals surface area contributed by atoms with Crippen LogP contribution < -0.4 is 0 Å². The third-order valence-corrected chi connectivity index (χ3v) is 3.28. The Hall–Kier alpha value is -0.580. The molecule has 1 aromatic rings. The van der Waals surface area contributed by atoms with E-state index >= 15 is 0 Å². The number of aliphatic hydroxyl groups is 1. The van der Waals surface area contributed by atoms with Crippen LogP contribution in [-0.2, 0) is 0 Å². The van der Waals surface area contributed by atoms with Gasteiger partial charge in [0.25, 0.3) is 0 Å². The van der Waals surface area contributed by atoms with E-state index in [1.807, 2.05) is 20.2 Å². The summed E-state index contributed by atoms with van der Waals surface area (Å²) in [5, 5.41) is 9.53. The van der Waals surface area contributed by atoms with Crippen LogP contribution in [0.2, 0.25) is 0 Å². The second kappa shape index (κ2) is 6.23. The molecule has 0 radical (unpaired) electrons. The molecular formula is C12H18FNOS. The van der Waals surface area contributed by atoms with Gasteiger partial charge < -0.3 is 10.0 Å². The van der Waals surface area contributed by atoms with Crippen LogP contribution in [0, 0.1) is 5.82 Å². The molecule has 0 unspecified atom stereocenters. The van der Waals surface area contributed by atoms with Crippen molar-refractivity contribution in [1.29, 1.82) is 0 Å². The largest absolute Gasteiger partial charge is 0.389 e. The molecule has 0 heterocycles. The van der Waals surface area contributed by atoms with Crippen LogP contribution in [0.3, 0.4) is 0 Å². The van der Waals surface area contributed by atoms with Crippen LogP contribution in [0.25, 0.3) is 0 Å². The van der Waals surface area contributed by atoms with Gasteiger partial charge >= 0.3 is 0 Å². The number of thioether (sulfide) groups is 1. The summed E-state index contributed by atoms with van der Waals surface area (Å²) in [6.45, 7) is 2.52. The van der Waals surface area contributed by atoms with Crippen molar-refractivity contribution in [3.63, 3.8) is 0 Å². The van der Waals surface area contributed by atoms with Crippen molar-refractivity contribution in [2.45, 2.75) is 17.9 Å². The second-order valence-corrected chi connectivity index (χ2v) is 5.12. The molecule has 0 saturated carbocycles. The fourth-order valence-corrected chi connectivity index (χ4v) is 2.66. The summed E-state index contributed by atoms with van der Waals surface area (Å²) >= 11 is 1.58. The predicted molar refractivity (Wildman–Crippen MR) is 66.3 cm³/mol. The molecule has 90 valence electrons. The highest BCUT2D eigenvalue weighted by Gasteiger charge is 2.13. The summed E-state index contributed by atoms with van der Waals surface area (Å²) in [6.07, 6.45) is -0.761. The molecule has 1 atom stereocenters. The lowest BCUT2D eigenvalue weighted by atomic mass is 10.1. The maximum Gasteiger partial charge on any atom is 0.130 e. The van der Waals surface area contributed by atoms with Gasteiger partial charge in [-0.1, -0.05) is 6.07 Å². The molecule has 4 heteroatoms.